The summed E-state index contributed by atoms with van der Waals surface area (Å²) >= 11 is 0. The number of carbonyl (C=O) groups is 1. The number of phenols is 2. The third kappa shape index (κ3) is 1.85. The van der Waals surface area contributed by atoms with E-state index in [2.05, 4.69) is 0 Å². The molecule has 4 atom stereocenters. The molecule has 23 heavy (non-hydrogen) atoms. The van der Waals surface area contributed by atoms with Gasteiger partial charge in [0.25, 0.3) is 0 Å². The molecule has 0 aromatic heterocycles. The minimum absolute atomic E-state index is 0.00725. The number of aromatic hydroxyl groups is 2. The van der Waals surface area contributed by atoms with Crippen LogP contribution in [0.15, 0.2) is 23.8 Å². The molecular formula is C17H18O6. The summed E-state index contributed by atoms with van der Waals surface area (Å²) < 4.78 is 16.7. The summed E-state index contributed by atoms with van der Waals surface area (Å²) in [5.74, 6) is -0.451. The van der Waals surface area contributed by atoms with E-state index in [1.54, 1.807) is 7.11 Å². The average Bonchev–Trinajstić information content (AvgIpc) is 3.19. The van der Waals surface area contributed by atoms with Gasteiger partial charge in [-0.05, 0) is 37.5 Å². The number of methoxy groups -OCH3 is 1. The lowest BCUT2D eigenvalue weighted by Crippen LogP contribution is -2.22. The monoisotopic (exact) mass is 318 g/mol. The molecule has 4 rings (SSSR count). The van der Waals surface area contributed by atoms with Gasteiger partial charge in [0.2, 0.25) is 0 Å². The zero-order valence-electron chi connectivity index (χ0n) is 12.9. The molecule has 2 heterocycles. The summed E-state index contributed by atoms with van der Waals surface area (Å²) in [6.45, 7) is 1.90. The van der Waals surface area contributed by atoms with E-state index in [0.717, 1.165) is 5.57 Å². The number of carbonyl (C=O) groups excluding carboxylic acids is 1. The smallest absolute Gasteiger partial charge is 0.342 e. The molecule has 0 radical (unpaired) electrons. The van der Waals surface area contributed by atoms with Crippen molar-refractivity contribution in [3.8, 4) is 11.5 Å². The van der Waals surface area contributed by atoms with E-state index in [0.29, 0.717) is 24.0 Å². The minimum atomic E-state index is -0.906. The maximum atomic E-state index is 12.2. The van der Waals surface area contributed by atoms with E-state index >= 15 is 0 Å². The van der Waals surface area contributed by atoms with E-state index in [9.17, 15) is 15.0 Å². The molecule has 1 aromatic rings. The number of hydrogen-bond acceptors (Lipinski definition) is 6. The number of epoxide rings is 1. The van der Waals surface area contributed by atoms with Crippen molar-refractivity contribution in [3.05, 3.63) is 34.9 Å². The molecule has 2 aliphatic heterocycles. The molecule has 6 nitrogen and oxygen atoms in total. The van der Waals surface area contributed by atoms with Gasteiger partial charge in [-0.15, -0.1) is 0 Å². The van der Waals surface area contributed by atoms with Crippen LogP contribution in [-0.2, 0) is 19.0 Å². The van der Waals surface area contributed by atoms with Crippen LogP contribution in [0.25, 0.3) is 0 Å². The van der Waals surface area contributed by atoms with Crippen LogP contribution in [0.4, 0.5) is 0 Å². The third-order valence-electron chi connectivity index (χ3n) is 5.01. The number of ether oxygens (including phenoxy) is 3. The zero-order chi connectivity index (χ0) is 16.4. The lowest BCUT2D eigenvalue weighted by atomic mass is 9.87. The number of fused-ring (bicyclic) bond motifs is 2. The molecule has 122 valence electrons. The molecule has 0 unspecified atom stereocenters. The highest BCUT2D eigenvalue weighted by molar-refractivity contribution is 5.87. The summed E-state index contributed by atoms with van der Waals surface area (Å²) in [6, 6.07) is 2.80. The summed E-state index contributed by atoms with van der Waals surface area (Å²) in [5.41, 5.74) is 0.782. The quantitative estimate of drug-likeness (QED) is 0.357. The number of rotatable bonds is 1. The first-order valence-corrected chi connectivity index (χ1v) is 7.62. The van der Waals surface area contributed by atoms with Gasteiger partial charge in [-0.3, -0.25) is 0 Å². The van der Waals surface area contributed by atoms with Gasteiger partial charge in [0.05, 0.1) is 0 Å². The van der Waals surface area contributed by atoms with Crippen LogP contribution in [0.1, 0.15) is 43.1 Å². The molecule has 2 bridgehead atoms. The van der Waals surface area contributed by atoms with Crippen LogP contribution in [0, 0.1) is 0 Å². The fourth-order valence-electron chi connectivity index (χ4n) is 3.79. The molecular weight excluding hydrogens is 300 g/mol. The molecule has 2 saturated heterocycles. The Balaban J connectivity index is 1.96. The molecule has 2 fully saturated rings. The van der Waals surface area contributed by atoms with Gasteiger partial charge in [0, 0.05) is 18.2 Å². The molecule has 3 aliphatic rings. The summed E-state index contributed by atoms with van der Waals surface area (Å²) in [4.78, 5) is 12.2. The number of phenolic OH excluding ortho intramolecular Hbond substituents is 2. The Kier molecular flexibility index (Phi) is 2.98. The summed E-state index contributed by atoms with van der Waals surface area (Å²) in [5, 5.41) is 20.7. The van der Waals surface area contributed by atoms with Gasteiger partial charge in [-0.2, -0.15) is 0 Å². The Bertz CT molecular complexity index is 724. The number of esters is 1. The van der Waals surface area contributed by atoms with Crippen molar-refractivity contribution in [1.82, 2.24) is 0 Å². The van der Waals surface area contributed by atoms with Crippen molar-refractivity contribution in [2.24, 2.45) is 0 Å². The first-order chi connectivity index (χ1) is 11.0. The summed E-state index contributed by atoms with van der Waals surface area (Å²) in [6.07, 6.45) is 1.48. The molecule has 2 N–H and O–H groups in total. The highest BCUT2D eigenvalue weighted by atomic mass is 16.7. The predicted octanol–water partition coefficient (Wildman–Crippen LogP) is 2.26. The van der Waals surface area contributed by atoms with E-state index in [4.69, 9.17) is 14.2 Å². The largest absolute Gasteiger partial charge is 0.508 e. The molecule has 0 saturated carbocycles. The second kappa shape index (κ2) is 4.72. The Hall–Kier alpha value is -2.05. The second-order valence-corrected chi connectivity index (χ2v) is 6.29. The number of benzene rings is 1. The van der Waals surface area contributed by atoms with Crippen molar-refractivity contribution in [1.29, 1.82) is 0 Å². The van der Waals surface area contributed by atoms with Crippen molar-refractivity contribution in [2.45, 2.75) is 43.7 Å². The minimum Gasteiger partial charge on any atom is -0.508 e. The molecule has 0 amide bonds. The fraction of sp³-hybridized carbons (Fsp3) is 0.471. The zero-order valence-corrected chi connectivity index (χ0v) is 12.9. The van der Waals surface area contributed by atoms with Crippen LogP contribution in [0.2, 0.25) is 0 Å². The Labute approximate surface area is 133 Å². The topological polar surface area (TPSA) is 88.5 Å². The van der Waals surface area contributed by atoms with Gasteiger partial charge in [0.1, 0.15) is 23.7 Å². The highest BCUT2D eigenvalue weighted by Gasteiger charge is 2.73. The van der Waals surface area contributed by atoms with Crippen molar-refractivity contribution >= 4 is 5.97 Å². The molecule has 1 aliphatic carbocycles. The fourth-order valence-corrected chi connectivity index (χ4v) is 3.79. The lowest BCUT2D eigenvalue weighted by Gasteiger charge is -2.24. The molecule has 6 heteroatoms. The first kappa shape index (κ1) is 14.5. The van der Waals surface area contributed by atoms with Crippen molar-refractivity contribution < 1.29 is 29.2 Å². The van der Waals surface area contributed by atoms with Crippen molar-refractivity contribution in [2.75, 3.05) is 7.11 Å². The molecule has 0 spiro atoms. The van der Waals surface area contributed by atoms with Gasteiger partial charge >= 0.3 is 5.97 Å². The van der Waals surface area contributed by atoms with E-state index in [1.165, 1.54) is 12.1 Å². The van der Waals surface area contributed by atoms with Gasteiger partial charge in [0.15, 0.2) is 11.7 Å². The van der Waals surface area contributed by atoms with Gasteiger partial charge in [-0.1, -0.05) is 6.08 Å². The second-order valence-electron chi connectivity index (χ2n) is 6.29. The van der Waals surface area contributed by atoms with Gasteiger partial charge in [-0.25, -0.2) is 4.79 Å². The van der Waals surface area contributed by atoms with E-state index < -0.39 is 29.9 Å². The maximum absolute atomic E-state index is 12.2. The first-order valence-electron chi connectivity index (χ1n) is 7.62. The van der Waals surface area contributed by atoms with Crippen molar-refractivity contribution in [3.63, 3.8) is 0 Å². The van der Waals surface area contributed by atoms with E-state index in [1.807, 2.05) is 13.0 Å². The maximum Gasteiger partial charge on any atom is 0.342 e. The van der Waals surface area contributed by atoms with E-state index in [-0.39, 0.29) is 11.5 Å². The standard InChI is InChI=1S/C17H18O6/c1-8-4-3-7-17-15(23-17)14(22-16(17)20)12-10(19)6-5-9(18)11(12)13(8)21-2/h4-6,13-15,18-19H,3,7H2,1-2H3/t13-,14+,15+,17+/m1/s1. The number of allylic oxidation sites excluding steroid dienone is 1. The van der Waals surface area contributed by atoms with Gasteiger partial charge < -0.3 is 24.4 Å². The number of hydrogen-bond donors (Lipinski definition) is 2. The van der Waals surface area contributed by atoms with Crippen LogP contribution in [0.3, 0.4) is 0 Å². The lowest BCUT2D eigenvalue weighted by molar-refractivity contribution is -0.154. The van der Waals surface area contributed by atoms with Crippen LogP contribution in [0.5, 0.6) is 11.5 Å². The van der Waals surface area contributed by atoms with Crippen LogP contribution >= 0.6 is 0 Å². The Morgan fingerprint density at radius 3 is 2.61 bits per heavy atom. The average molecular weight is 318 g/mol. The van der Waals surface area contributed by atoms with Crippen LogP contribution in [-0.4, -0.2) is 35.0 Å². The third-order valence-corrected chi connectivity index (χ3v) is 5.01. The molecule has 1 aromatic carbocycles. The Morgan fingerprint density at radius 1 is 1.26 bits per heavy atom. The normalized spacial score (nSPS) is 35.0. The predicted molar refractivity (Wildman–Crippen MR) is 78.9 cm³/mol. The Morgan fingerprint density at radius 2 is 1.96 bits per heavy atom. The highest BCUT2D eigenvalue weighted by Crippen LogP contribution is 2.59. The van der Waals surface area contributed by atoms with Crippen LogP contribution < -0.4 is 0 Å². The SMILES string of the molecule is CO[C@@H]1C(C)=CCC[C@]23O[C@H]2[C@@H](OC3=O)c2c(O)ccc(O)c21. The summed E-state index contributed by atoms with van der Waals surface area (Å²) in [7, 11) is 1.54.